The molecule has 1 spiro atoms. The van der Waals surface area contributed by atoms with E-state index in [1.807, 2.05) is 4.90 Å². The lowest BCUT2D eigenvalue weighted by Crippen LogP contribution is -2.52. The van der Waals surface area contributed by atoms with E-state index in [2.05, 4.69) is 15.5 Å². The van der Waals surface area contributed by atoms with Gasteiger partial charge in [-0.1, -0.05) is 17.3 Å². The highest BCUT2D eigenvalue weighted by molar-refractivity contribution is 5.74. The Morgan fingerprint density at radius 1 is 1.19 bits per heavy atom. The maximum Gasteiger partial charge on any atom is 0.317 e. The number of piperidine rings is 1. The number of benzene rings is 1. The van der Waals surface area contributed by atoms with Gasteiger partial charge in [0.25, 0.3) is 0 Å². The Bertz CT molecular complexity index is 904. The van der Waals surface area contributed by atoms with Gasteiger partial charge in [0.1, 0.15) is 5.82 Å². The van der Waals surface area contributed by atoms with Crippen molar-refractivity contribution in [1.82, 2.24) is 20.4 Å². The van der Waals surface area contributed by atoms with Crippen molar-refractivity contribution in [3.63, 3.8) is 0 Å². The number of hydrogen-bond donors (Lipinski definition) is 1. The lowest BCUT2D eigenvalue weighted by molar-refractivity contribution is -0.123. The third-order valence-electron chi connectivity index (χ3n) is 6.80. The standard InChI is InChI=1S/C23H29FN4O3/c24-19-5-1-16(2-6-19)15-25-22(29)28-10-8-23(9-11-28)14-17(7-12-30-23)13-20-26-21(31-27-20)18-3-4-18/h1-2,5-6,17-18H,3-4,7-15H2,(H,25,29). The molecular weight excluding hydrogens is 399 g/mol. The molecule has 1 unspecified atom stereocenters. The van der Waals surface area contributed by atoms with Crippen molar-refractivity contribution in [2.45, 2.75) is 63.0 Å². The minimum absolute atomic E-state index is 0.0778. The molecule has 3 aliphatic rings. The zero-order valence-electron chi connectivity index (χ0n) is 17.7. The number of amides is 2. The Labute approximate surface area is 181 Å². The van der Waals surface area contributed by atoms with E-state index in [9.17, 15) is 9.18 Å². The van der Waals surface area contributed by atoms with Crippen LogP contribution in [0.15, 0.2) is 28.8 Å². The Morgan fingerprint density at radius 3 is 2.71 bits per heavy atom. The van der Waals surface area contributed by atoms with Crippen LogP contribution >= 0.6 is 0 Å². The van der Waals surface area contributed by atoms with Gasteiger partial charge in [-0.25, -0.2) is 9.18 Å². The second kappa shape index (κ2) is 8.57. The van der Waals surface area contributed by atoms with E-state index in [-0.39, 0.29) is 17.4 Å². The summed E-state index contributed by atoms with van der Waals surface area (Å²) in [6, 6.07) is 6.11. The summed E-state index contributed by atoms with van der Waals surface area (Å²) >= 11 is 0. The van der Waals surface area contributed by atoms with Crippen molar-refractivity contribution >= 4 is 6.03 Å². The molecule has 1 saturated carbocycles. The van der Waals surface area contributed by atoms with E-state index in [4.69, 9.17) is 9.26 Å². The molecule has 1 atom stereocenters. The van der Waals surface area contributed by atoms with Crippen molar-refractivity contribution in [1.29, 1.82) is 0 Å². The first-order valence-corrected chi connectivity index (χ1v) is 11.3. The fraction of sp³-hybridized carbons (Fsp3) is 0.609. The second-order valence-electron chi connectivity index (χ2n) is 9.19. The summed E-state index contributed by atoms with van der Waals surface area (Å²) in [7, 11) is 0. The highest BCUT2D eigenvalue weighted by atomic mass is 19.1. The van der Waals surface area contributed by atoms with E-state index in [1.165, 1.54) is 12.1 Å². The van der Waals surface area contributed by atoms with Crippen LogP contribution in [0.5, 0.6) is 0 Å². The van der Waals surface area contributed by atoms with Gasteiger partial charge in [0.05, 0.1) is 5.60 Å². The van der Waals surface area contributed by atoms with Crippen molar-refractivity contribution in [2.75, 3.05) is 19.7 Å². The monoisotopic (exact) mass is 428 g/mol. The number of urea groups is 1. The smallest absolute Gasteiger partial charge is 0.317 e. The maximum atomic E-state index is 13.0. The minimum Gasteiger partial charge on any atom is -0.375 e. The fourth-order valence-corrected chi connectivity index (χ4v) is 4.77. The summed E-state index contributed by atoms with van der Waals surface area (Å²) < 4.78 is 24.7. The molecule has 3 fully saturated rings. The fourth-order valence-electron chi connectivity index (χ4n) is 4.77. The van der Waals surface area contributed by atoms with Crippen LogP contribution in [0.4, 0.5) is 9.18 Å². The molecule has 2 saturated heterocycles. The normalized spacial score (nSPS) is 23.1. The molecule has 1 aromatic carbocycles. The topological polar surface area (TPSA) is 80.5 Å². The Balaban J connectivity index is 1.10. The van der Waals surface area contributed by atoms with Gasteiger partial charge in [0.15, 0.2) is 5.82 Å². The first-order valence-electron chi connectivity index (χ1n) is 11.3. The van der Waals surface area contributed by atoms with E-state index in [0.29, 0.717) is 31.5 Å². The van der Waals surface area contributed by atoms with Gasteiger partial charge in [-0.2, -0.15) is 4.98 Å². The number of nitrogens with zero attached hydrogens (tertiary/aromatic N) is 3. The van der Waals surface area contributed by atoms with Crippen molar-refractivity contribution in [3.8, 4) is 0 Å². The Kier molecular flexibility index (Phi) is 5.65. The number of aromatic nitrogens is 2. The Morgan fingerprint density at radius 2 is 1.97 bits per heavy atom. The molecule has 2 aromatic rings. The van der Waals surface area contributed by atoms with Crippen LogP contribution in [0.3, 0.4) is 0 Å². The van der Waals surface area contributed by atoms with Crippen molar-refractivity contribution in [2.24, 2.45) is 5.92 Å². The zero-order valence-corrected chi connectivity index (χ0v) is 17.7. The molecule has 3 heterocycles. The van der Waals surface area contributed by atoms with Crippen LogP contribution in [0.25, 0.3) is 0 Å². The van der Waals surface area contributed by atoms with Gasteiger partial charge in [-0.05, 0) is 62.1 Å². The van der Waals surface area contributed by atoms with Crippen LogP contribution in [-0.2, 0) is 17.7 Å². The number of likely N-dealkylation sites (tertiary alicyclic amines) is 1. The number of rotatable bonds is 5. The molecule has 2 amide bonds. The zero-order chi connectivity index (χ0) is 21.3. The average Bonchev–Trinajstić information content (AvgIpc) is 3.53. The number of carbonyl (C=O) groups excluding carboxylic acids is 1. The molecule has 8 heteroatoms. The van der Waals surface area contributed by atoms with Gasteiger partial charge in [0, 0.05) is 38.6 Å². The molecule has 2 aliphatic heterocycles. The summed E-state index contributed by atoms with van der Waals surface area (Å²) in [6.07, 6.45) is 6.83. The third kappa shape index (κ3) is 4.89. The number of nitrogens with one attached hydrogen (secondary N) is 1. The number of halogens is 1. The van der Waals surface area contributed by atoms with E-state index < -0.39 is 0 Å². The van der Waals surface area contributed by atoms with Gasteiger partial charge in [-0.15, -0.1) is 0 Å². The van der Waals surface area contributed by atoms with Crippen LogP contribution < -0.4 is 5.32 Å². The SMILES string of the molecule is O=C(NCc1ccc(F)cc1)N1CCC2(CC1)CC(Cc1noc(C3CC3)n1)CCO2. The van der Waals surface area contributed by atoms with Crippen LogP contribution in [0.2, 0.25) is 0 Å². The summed E-state index contributed by atoms with van der Waals surface area (Å²) in [5.74, 6) is 2.32. The van der Waals surface area contributed by atoms with Crippen LogP contribution in [0, 0.1) is 11.7 Å². The highest BCUT2D eigenvalue weighted by Crippen LogP contribution is 2.40. The highest BCUT2D eigenvalue weighted by Gasteiger charge is 2.41. The predicted molar refractivity (Wildman–Crippen MR) is 111 cm³/mol. The number of hydrogen-bond acceptors (Lipinski definition) is 5. The largest absolute Gasteiger partial charge is 0.375 e. The quantitative estimate of drug-likeness (QED) is 0.784. The molecular formula is C23H29FN4O3. The third-order valence-corrected chi connectivity index (χ3v) is 6.80. The van der Waals surface area contributed by atoms with Gasteiger partial charge in [-0.3, -0.25) is 0 Å². The molecule has 0 radical (unpaired) electrons. The predicted octanol–water partition coefficient (Wildman–Crippen LogP) is 3.80. The van der Waals surface area contributed by atoms with Crippen molar-refractivity contribution < 1.29 is 18.4 Å². The summed E-state index contributed by atoms with van der Waals surface area (Å²) in [5, 5.41) is 7.12. The van der Waals surface area contributed by atoms with Crippen molar-refractivity contribution in [3.05, 3.63) is 47.4 Å². The molecule has 7 nitrogen and oxygen atoms in total. The van der Waals surface area contributed by atoms with E-state index >= 15 is 0 Å². The van der Waals surface area contributed by atoms with E-state index in [1.54, 1.807) is 12.1 Å². The maximum absolute atomic E-state index is 13.0. The van der Waals surface area contributed by atoms with Gasteiger partial charge in [0.2, 0.25) is 5.89 Å². The van der Waals surface area contributed by atoms with Crippen LogP contribution in [0.1, 0.15) is 61.7 Å². The molecule has 5 rings (SSSR count). The molecule has 1 N–H and O–H groups in total. The first kappa shape index (κ1) is 20.4. The lowest BCUT2D eigenvalue weighted by Gasteiger charge is -2.46. The summed E-state index contributed by atoms with van der Waals surface area (Å²) in [5.41, 5.74) is 0.729. The van der Waals surface area contributed by atoms with Gasteiger partial charge >= 0.3 is 6.03 Å². The molecule has 1 aliphatic carbocycles. The molecule has 31 heavy (non-hydrogen) atoms. The summed E-state index contributed by atoms with van der Waals surface area (Å²) in [4.78, 5) is 19.0. The van der Waals surface area contributed by atoms with Crippen LogP contribution in [-0.4, -0.2) is 46.4 Å². The molecule has 0 bridgehead atoms. The summed E-state index contributed by atoms with van der Waals surface area (Å²) in [6.45, 7) is 2.49. The number of ether oxygens (including phenoxy) is 1. The van der Waals surface area contributed by atoms with E-state index in [0.717, 1.165) is 68.8 Å². The number of carbonyl (C=O) groups is 1. The first-order chi connectivity index (χ1) is 15.1. The lowest BCUT2D eigenvalue weighted by atomic mass is 9.78. The Hall–Kier alpha value is -2.48. The average molecular weight is 429 g/mol. The second-order valence-corrected chi connectivity index (χ2v) is 9.19. The molecule has 166 valence electrons. The minimum atomic E-state index is -0.273. The van der Waals surface area contributed by atoms with Gasteiger partial charge < -0.3 is 19.5 Å². The molecule has 1 aromatic heterocycles.